The monoisotopic (exact) mass is 309 g/mol. The summed E-state index contributed by atoms with van der Waals surface area (Å²) >= 11 is 0. The highest BCUT2D eigenvalue weighted by Gasteiger charge is 2.58. The molecular formula is C16H27N3O3. The Kier molecular flexibility index (Phi) is 3.53. The number of β-amino-alcohol motifs (C(OH)–C–C–N with tert-alkyl or cyclic N) is 1. The van der Waals surface area contributed by atoms with Crippen LogP contribution in [0.5, 0.6) is 0 Å². The molecule has 1 heterocycles. The van der Waals surface area contributed by atoms with Crippen molar-refractivity contribution in [1.82, 2.24) is 10.2 Å². The number of nitrogens with one attached hydrogen (secondary N) is 1. The number of hydrogen-bond donors (Lipinski definition) is 3. The number of hydrogen-bond acceptors (Lipinski definition) is 4. The van der Waals surface area contributed by atoms with Gasteiger partial charge in [-0.3, -0.25) is 9.59 Å². The van der Waals surface area contributed by atoms with Crippen LogP contribution in [-0.2, 0) is 9.59 Å². The molecule has 4 aliphatic rings. The molecule has 4 fully saturated rings. The van der Waals surface area contributed by atoms with Crippen molar-refractivity contribution in [3.63, 3.8) is 0 Å². The lowest BCUT2D eigenvalue weighted by atomic mass is 9.50. The summed E-state index contributed by atoms with van der Waals surface area (Å²) in [6.45, 7) is 5.90. The number of aliphatic hydroxyl groups excluding tert-OH is 1. The third-order valence-electron chi connectivity index (χ3n) is 5.49. The molecule has 0 aromatic heterocycles. The lowest BCUT2D eigenvalue weighted by Crippen LogP contribution is -2.70. The average Bonchev–Trinajstić information content (AvgIpc) is 2.71. The molecule has 0 aromatic rings. The van der Waals surface area contributed by atoms with E-state index >= 15 is 0 Å². The van der Waals surface area contributed by atoms with E-state index < -0.39 is 18.2 Å². The number of carbonyl (C=O) groups is 2. The molecule has 4 rings (SSSR count). The Balaban J connectivity index is 1.68. The van der Waals surface area contributed by atoms with Gasteiger partial charge in [0.25, 0.3) is 0 Å². The van der Waals surface area contributed by atoms with E-state index in [2.05, 4.69) is 5.32 Å². The maximum Gasteiger partial charge on any atom is 0.243 e. The van der Waals surface area contributed by atoms with E-state index in [1.54, 1.807) is 0 Å². The summed E-state index contributed by atoms with van der Waals surface area (Å²) in [5, 5.41) is 13.0. The molecule has 3 aliphatic carbocycles. The molecule has 1 unspecified atom stereocenters. The summed E-state index contributed by atoms with van der Waals surface area (Å²) in [6, 6.07) is -1.27. The molecule has 1 saturated heterocycles. The van der Waals surface area contributed by atoms with E-state index in [9.17, 15) is 14.7 Å². The zero-order chi connectivity index (χ0) is 16.3. The first-order valence-corrected chi connectivity index (χ1v) is 8.17. The van der Waals surface area contributed by atoms with E-state index in [-0.39, 0.29) is 29.3 Å². The standard InChI is InChI=1S/C16H27N3O3/c1-15(2,3)12(17)14(22)19-8-10(20)4-11(19)13(21)18-16-5-9(6-16)7-16/h9-12,20H,4-8,17H2,1-3H3,(H,18,21)/t9?,10-,11+,12?,16?/m1/s1. The maximum atomic E-state index is 12.6. The van der Waals surface area contributed by atoms with Gasteiger partial charge >= 0.3 is 0 Å². The van der Waals surface area contributed by atoms with Gasteiger partial charge in [0, 0.05) is 18.5 Å². The third kappa shape index (κ3) is 2.52. The first-order valence-electron chi connectivity index (χ1n) is 8.17. The van der Waals surface area contributed by atoms with Gasteiger partial charge in [0.2, 0.25) is 11.8 Å². The SMILES string of the molecule is CC(C)(C)C(N)C(=O)N1C[C@H](O)C[C@H]1C(=O)NC12CC(C1)C2. The van der Waals surface area contributed by atoms with Crippen molar-refractivity contribution in [3.05, 3.63) is 0 Å². The molecule has 3 saturated carbocycles. The molecule has 3 atom stereocenters. The van der Waals surface area contributed by atoms with Crippen LogP contribution in [0.3, 0.4) is 0 Å². The maximum absolute atomic E-state index is 12.6. The Hall–Kier alpha value is -1.14. The molecule has 0 radical (unpaired) electrons. The number of aliphatic hydroxyl groups is 1. The van der Waals surface area contributed by atoms with Crippen LogP contribution in [0.25, 0.3) is 0 Å². The van der Waals surface area contributed by atoms with E-state index in [0.717, 1.165) is 25.2 Å². The summed E-state index contributed by atoms with van der Waals surface area (Å²) in [6.07, 6.45) is 2.82. The Morgan fingerprint density at radius 3 is 2.36 bits per heavy atom. The minimum absolute atomic E-state index is 0.0177. The van der Waals surface area contributed by atoms with Crippen LogP contribution >= 0.6 is 0 Å². The van der Waals surface area contributed by atoms with Crippen molar-refractivity contribution in [1.29, 1.82) is 0 Å². The van der Waals surface area contributed by atoms with Crippen LogP contribution in [-0.4, -0.2) is 52.1 Å². The number of carbonyl (C=O) groups excluding carboxylic acids is 2. The highest BCUT2D eigenvalue weighted by molar-refractivity contribution is 5.91. The lowest BCUT2D eigenvalue weighted by molar-refractivity contribution is -0.146. The molecule has 4 N–H and O–H groups in total. The smallest absolute Gasteiger partial charge is 0.243 e. The van der Waals surface area contributed by atoms with E-state index in [1.807, 2.05) is 20.8 Å². The third-order valence-corrected chi connectivity index (χ3v) is 5.49. The van der Waals surface area contributed by atoms with Gasteiger partial charge in [0.1, 0.15) is 6.04 Å². The molecule has 6 nitrogen and oxygen atoms in total. The molecule has 0 aromatic carbocycles. The molecule has 2 amide bonds. The topological polar surface area (TPSA) is 95.7 Å². The highest BCUT2D eigenvalue weighted by atomic mass is 16.3. The second-order valence-electron chi connectivity index (χ2n) is 8.49. The molecule has 2 bridgehead atoms. The van der Waals surface area contributed by atoms with Crippen LogP contribution in [0.1, 0.15) is 46.5 Å². The molecule has 124 valence electrons. The zero-order valence-corrected chi connectivity index (χ0v) is 13.6. The van der Waals surface area contributed by atoms with Crippen LogP contribution < -0.4 is 11.1 Å². The predicted molar refractivity (Wildman–Crippen MR) is 81.8 cm³/mol. The zero-order valence-electron chi connectivity index (χ0n) is 13.6. The summed E-state index contributed by atoms with van der Waals surface area (Å²) in [5.74, 6) is 0.396. The fourth-order valence-corrected chi connectivity index (χ4v) is 3.83. The van der Waals surface area contributed by atoms with Gasteiger partial charge in [0.15, 0.2) is 0 Å². The van der Waals surface area contributed by atoms with Crippen molar-refractivity contribution in [2.24, 2.45) is 17.1 Å². The van der Waals surface area contributed by atoms with Crippen LogP contribution in [0.4, 0.5) is 0 Å². The second kappa shape index (κ2) is 4.93. The number of likely N-dealkylation sites (tertiary alicyclic amines) is 1. The Morgan fingerprint density at radius 2 is 1.91 bits per heavy atom. The number of nitrogens with two attached hydrogens (primary N) is 1. The van der Waals surface area contributed by atoms with Gasteiger partial charge in [-0.1, -0.05) is 20.8 Å². The van der Waals surface area contributed by atoms with Gasteiger partial charge in [0.05, 0.1) is 12.1 Å². The fraction of sp³-hybridized carbons (Fsp3) is 0.875. The predicted octanol–water partition coefficient (Wildman–Crippen LogP) is -0.00970. The summed E-state index contributed by atoms with van der Waals surface area (Å²) in [5.41, 5.74) is 5.66. The van der Waals surface area contributed by atoms with Crippen molar-refractivity contribution >= 4 is 11.8 Å². The number of rotatable bonds is 3. The summed E-state index contributed by atoms with van der Waals surface area (Å²) in [7, 11) is 0. The van der Waals surface area contributed by atoms with Crippen molar-refractivity contribution < 1.29 is 14.7 Å². The van der Waals surface area contributed by atoms with Crippen LogP contribution in [0.2, 0.25) is 0 Å². The second-order valence-corrected chi connectivity index (χ2v) is 8.49. The quantitative estimate of drug-likeness (QED) is 0.683. The first kappa shape index (κ1) is 15.7. The molecule has 1 aliphatic heterocycles. The van der Waals surface area contributed by atoms with Gasteiger partial charge in [-0.15, -0.1) is 0 Å². The lowest BCUT2D eigenvalue weighted by Gasteiger charge is -2.62. The van der Waals surface area contributed by atoms with Crippen molar-refractivity contribution in [2.45, 2.75) is 70.2 Å². The van der Waals surface area contributed by atoms with Gasteiger partial charge in [-0.2, -0.15) is 0 Å². The average molecular weight is 309 g/mol. The van der Waals surface area contributed by atoms with E-state index in [1.165, 1.54) is 4.90 Å². The minimum Gasteiger partial charge on any atom is -0.391 e. The minimum atomic E-state index is -0.678. The van der Waals surface area contributed by atoms with Gasteiger partial charge in [-0.25, -0.2) is 0 Å². The Bertz CT molecular complexity index is 482. The van der Waals surface area contributed by atoms with Crippen molar-refractivity contribution in [2.75, 3.05) is 6.54 Å². The van der Waals surface area contributed by atoms with Crippen LogP contribution in [0, 0.1) is 11.3 Å². The van der Waals surface area contributed by atoms with Crippen LogP contribution in [0.15, 0.2) is 0 Å². The molecule has 22 heavy (non-hydrogen) atoms. The molecule has 6 heteroatoms. The van der Waals surface area contributed by atoms with E-state index in [4.69, 9.17) is 5.73 Å². The van der Waals surface area contributed by atoms with Gasteiger partial charge in [-0.05, 0) is 30.6 Å². The summed E-state index contributed by atoms with van der Waals surface area (Å²) in [4.78, 5) is 26.6. The summed E-state index contributed by atoms with van der Waals surface area (Å²) < 4.78 is 0. The number of amides is 2. The van der Waals surface area contributed by atoms with Gasteiger partial charge < -0.3 is 21.1 Å². The highest BCUT2D eigenvalue weighted by Crippen LogP contribution is 2.57. The largest absolute Gasteiger partial charge is 0.391 e. The molecular weight excluding hydrogens is 282 g/mol. The van der Waals surface area contributed by atoms with E-state index in [0.29, 0.717) is 6.42 Å². The number of nitrogens with zero attached hydrogens (tertiary/aromatic N) is 1. The van der Waals surface area contributed by atoms with Crippen molar-refractivity contribution in [3.8, 4) is 0 Å². The Labute approximate surface area is 131 Å². The fourth-order valence-electron chi connectivity index (χ4n) is 3.83. The normalized spacial score (nSPS) is 38.0. The molecule has 0 spiro atoms. The Morgan fingerprint density at radius 1 is 1.32 bits per heavy atom. The first-order chi connectivity index (χ1) is 10.1.